The molecule has 1 N–H and O–H groups in total. The number of alkyl halides is 4. The van der Waals surface area contributed by atoms with Gasteiger partial charge in [-0.15, -0.1) is 0 Å². The third kappa shape index (κ3) is 4.49. The SMILES string of the molecule is CCC(=O)N1CC[C@@H](Nc2cccc3c2cc(I)n3CC(F)(F)F)[C@@H](F)C1. The molecule has 0 aliphatic carbocycles. The van der Waals surface area contributed by atoms with Crippen molar-refractivity contribution >= 4 is 45.1 Å². The van der Waals surface area contributed by atoms with E-state index in [1.165, 1.54) is 9.47 Å². The van der Waals surface area contributed by atoms with Gasteiger partial charge in [-0.2, -0.15) is 13.2 Å². The first-order valence-electron chi connectivity index (χ1n) is 8.72. The lowest BCUT2D eigenvalue weighted by Gasteiger charge is -2.35. The van der Waals surface area contributed by atoms with E-state index in [1.807, 2.05) is 22.6 Å². The quantitative estimate of drug-likeness (QED) is 0.497. The number of rotatable bonds is 4. The molecule has 9 heteroatoms. The first-order valence-corrected chi connectivity index (χ1v) is 9.80. The van der Waals surface area contributed by atoms with Crippen LogP contribution in [0.1, 0.15) is 19.8 Å². The predicted octanol–water partition coefficient (Wildman–Crippen LogP) is 4.57. The lowest BCUT2D eigenvalue weighted by Crippen LogP contribution is -2.49. The molecule has 2 aromatic rings. The maximum absolute atomic E-state index is 14.6. The van der Waals surface area contributed by atoms with Crippen LogP contribution in [0.2, 0.25) is 0 Å². The van der Waals surface area contributed by atoms with Crippen molar-refractivity contribution in [2.24, 2.45) is 0 Å². The van der Waals surface area contributed by atoms with E-state index in [0.29, 0.717) is 39.7 Å². The van der Waals surface area contributed by atoms with Gasteiger partial charge in [0.1, 0.15) is 12.7 Å². The molecule has 1 aromatic heterocycles. The highest BCUT2D eigenvalue weighted by atomic mass is 127. The maximum atomic E-state index is 14.6. The molecule has 0 radical (unpaired) electrons. The van der Waals surface area contributed by atoms with Crippen molar-refractivity contribution in [3.8, 4) is 0 Å². The first-order chi connectivity index (χ1) is 12.7. The third-order valence-electron chi connectivity index (χ3n) is 4.77. The molecule has 0 bridgehead atoms. The van der Waals surface area contributed by atoms with Gasteiger partial charge < -0.3 is 14.8 Å². The molecular weight excluding hydrogens is 477 g/mol. The van der Waals surface area contributed by atoms with E-state index in [9.17, 15) is 22.4 Å². The summed E-state index contributed by atoms with van der Waals surface area (Å²) in [5.74, 6) is -0.0722. The number of hydrogen-bond acceptors (Lipinski definition) is 2. The molecule has 1 aliphatic rings. The van der Waals surface area contributed by atoms with Crippen molar-refractivity contribution in [1.29, 1.82) is 0 Å². The van der Waals surface area contributed by atoms with Crippen LogP contribution >= 0.6 is 22.6 Å². The van der Waals surface area contributed by atoms with Crippen LogP contribution in [0.25, 0.3) is 10.9 Å². The zero-order valence-corrected chi connectivity index (χ0v) is 16.8. The van der Waals surface area contributed by atoms with E-state index in [2.05, 4.69) is 5.32 Å². The Morgan fingerprint density at radius 2 is 2.11 bits per heavy atom. The highest BCUT2D eigenvalue weighted by Gasteiger charge is 2.32. The fourth-order valence-electron chi connectivity index (χ4n) is 3.44. The second kappa shape index (κ2) is 7.84. The number of nitrogens with one attached hydrogen (secondary N) is 1. The van der Waals surface area contributed by atoms with Crippen molar-refractivity contribution in [2.45, 2.75) is 44.7 Å². The molecule has 1 fully saturated rings. The lowest BCUT2D eigenvalue weighted by atomic mass is 10.0. The summed E-state index contributed by atoms with van der Waals surface area (Å²) in [6.07, 6.45) is -4.77. The number of fused-ring (bicyclic) bond motifs is 1. The number of anilines is 1. The Balaban J connectivity index is 1.82. The van der Waals surface area contributed by atoms with Gasteiger partial charge in [-0.25, -0.2) is 4.39 Å². The number of nitrogens with zero attached hydrogens (tertiary/aromatic N) is 2. The number of piperidine rings is 1. The molecule has 4 nitrogen and oxygen atoms in total. The van der Waals surface area contributed by atoms with Crippen molar-refractivity contribution in [3.63, 3.8) is 0 Å². The van der Waals surface area contributed by atoms with Crippen LogP contribution in [0.3, 0.4) is 0 Å². The number of amides is 1. The Morgan fingerprint density at radius 3 is 2.74 bits per heavy atom. The first kappa shape index (κ1) is 20.2. The van der Waals surface area contributed by atoms with Gasteiger partial charge in [0, 0.05) is 24.0 Å². The average Bonchev–Trinajstić information content (AvgIpc) is 2.91. The molecule has 3 rings (SSSR count). The standard InChI is InChI=1S/C18H20F4IN3O/c1-2-17(27)25-7-6-14(12(19)9-25)24-13-4-3-5-15-11(13)8-16(23)26(15)10-18(20,21)22/h3-5,8,12,14,24H,2,6-7,9-10H2,1H3/t12-,14+/m0/s1. The van der Waals surface area contributed by atoms with E-state index >= 15 is 0 Å². The van der Waals surface area contributed by atoms with Gasteiger partial charge >= 0.3 is 6.18 Å². The van der Waals surface area contributed by atoms with Crippen molar-refractivity contribution < 1.29 is 22.4 Å². The van der Waals surface area contributed by atoms with Crippen LogP contribution < -0.4 is 5.32 Å². The summed E-state index contributed by atoms with van der Waals surface area (Å²) < 4.78 is 54.8. The lowest BCUT2D eigenvalue weighted by molar-refractivity contribution is -0.140. The van der Waals surface area contributed by atoms with Gasteiger partial charge in [-0.1, -0.05) is 13.0 Å². The van der Waals surface area contributed by atoms with Crippen LogP contribution in [-0.2, 0) is 11.3 Å². The van der Waals surface area contributed by atoms with E-state index in [-0.39, 0.29) is 12.5 Å². The molecule has 0 spiro atoms. The number of hydrogen-bond donors (Lipinski definition) is 1. The zero-order chi connectivity index (χ0) is 19.8. The normalized spacial score (nSPS) is 20.9. The smallest absolute Gasteiger partial charge is 0.379 e. The Labute approximate surface area is 168 Å². The highest BCUT2D eigenvalue weighted by molar-refractivity contribution is 14.1. The Hall–Kier alpha value is -1.52. The Morgan fingerprint density at radius 1 is 1.37 bits per heavy atom. The predicted molar refractivity (Wildman–Crippen MR) is 105 cm³/mol. The number of aromatic nitrogens is 1. The summed E-state index contributed by atoms with van der Waals surface area (Å²) in [6.45, 7) is 1.18. The largest absolute Gasteiger partial charge is 0.406 e. The van der Waals surface area contributed by atoms with Gasteiger partial charge in [0.25, 0.3) is 0 Å². The summed E-state index contributed by atoms with van der Waals surface area (Å²) in [5, 5.41) is 3.77. The minimum absolute atomic E-state index is 0.0347. The Kier molecular flexibility index (Phi) is 5.87. The number of likely N-dealkylation sites (tertiary alicyclic amines) is 1. The van der Waals surface area contributed by atoms with Gasteiger partial charge in [0.05, 0.1) is 21.8 Å². The molecule has 1 aromatic carbocycles. The fraction of sp³-hybridized carbons (Fsp3) is 0.500. The van der Waals surface area contributed by atoms with Gasteiger partial charge in [-0.3, -0.25) is 4.79 Å². The molecule has 0 saturated carbocycles. The summed E-state index contributed by atoms with van der Waals surface area (Å²) in [4.78, 5) is 13.3. The van der Waals surface area contributed by atoms with Crippen molar-refractivity contribution in [3.05, 3.63) is 28.0 Å². The molecule has 2 atom stereocenters. The summed E-state index contributed by atoms with van der Waals surface area (Å²) in [7, 11) is 0. The zero-order valence-electron chi connectivity index (χ0n) is 14.7. The van der Waals surface area contributed by atoms with Crippen molar-refractivity contribution in [2.75, 3.05) is 18.4 Å². The average molecular weight is 497 g/mol. The molecular formula is C18H20F4IN3O. The van der Waals surface area contributed by atoms with Gasteiger partial charge in [0.15, 0.2) is 0 Å². The topological polar surface area (TPSA) is 37.3 Å². The summed E-state index contributed by atoms with van der Waals surface area (Å²) in [5.41, 5.74) is 1.06. The third-order valence-corrected chi connectivity index (χ3v) is 5.66. The maximum Gasteiger partial charge on any atom is 0.406 e. The summed E-state index contributed by atoms with van der Waals surface area (Å²) in [6, 6.07) is 6.22. The van der Waals surface area contributed by atoms with E-state index < -0.39 is 24.9 Å². The Bertz CT molecular complexity index is 836. The van der Waals surface area contributed by atoms with Crippen LogP contribution in [0.5, 0.6) is 0 Å². The monoisotopic (exact) mass is 497 g/mol. The molecule has 1 aliphatic heterocycles. The van der Waals surface area contributed by atoms with E-state index in [1.54, 1.807) is 31.2 Å². The van der Waals surface area contributed by atoms with Gasteiger partial charge in [-0.05, 0) is 47.2 Å². The van der Waals surface area contributed by atoms with E-state index in [0.717, 1.165) is 0 Å². The van der Waals surface area contributed by atoms with Crippen LogP contribution in [0.4, 0.5) is 23.2 Å². The molecule has 1 saturated heterocycles. The molecule has 27 heavy (non-hydrogen) atoms. The number of carbonyl (C=O) groups excluding carboxylic acids is 1. The van der Waals surface area contributed by atoms with Crippen LogP contribution in [-0.4, -0.2) is 46.9 Å². The van der Waals surface area contributed by atoms with Gasteiger partial charge in [0.2, 0.25) is 5.91 Å². The second-order valence-electron chi connectivity index (χ2n) is 6.66. The molecule has 2 heterocycles. The highest BCUT2D eigenvalue weighted by Crippen LogP contribution is 2.32. The fourth-order valence-corrected chi connectivity index (χ4v) is 4.18. The van der Waals surface area contributed by atoms with Crippen LogP contribution in [0.15, 0.2) is 24.3 Å². The number of halogens is 5. The summed E-state index contributed by atoms with van der Waals surface area (Å²) >= 11 is 1.88. The van der Waals surface area contributed by atoms with Crippen molar-refractivity contribution in [1.82, 2.24) is 9.47 Å². The second-order valence-corrected chi connectivity index (χ2v) is 7.76. The number of benzene rings is 1. The minimum Gasteiger partial charge on any atom is -0.379 e. The van der Waals surface area contributed by atoms with E-state index in [4.69, 9.17) is 0 Å². The number of carbonyl (C=O) groups is 1. The molecule has 148 valence electrons. The minimum atomic E-state index is -4.32. The molecule has 1 amide bonds. The molecule has 0 unspecified atom stereocenters. The van der Waals surface area contributed by atoms with Crippen LogP contribution in [0, 0.1) is 3.70 Å².